The number of rotatable bonds is 6. The van der Waals surface area contributed by atoms with Crippen LogP contribution in [-0.2, 0) is 4.74 Å². The summed E-state index contributed by atoms with van der Waals surface area (Å²) in [5.74, 6) is 1.26. The maximum absolute atomic E-state index is 11.7. The van der Waals surface area contributed by atoms with Crippen molar-refractivity contribution in [3.05, 3.63) is 53.6 Å². The molecule has 8 heteroatoms. The Balaban J connectivity index is 2.10. The molecule has 3 aromatic rings. The fourth-order valence-corrected chi connectivity index (χ4v) is 2.83. The summed E-state index contributed by atoms with van der Waals surface area (Å²) in [6.07, 6.45) is -0.822. The molecule has 0 fully saturated rings. The second kappa shape index (κ2) is 8.67. The van der Waals surface area contributed by atoms with Gasteiger partial charge in [-0.05, 0) is 43.3 Å². The van der Waals surface area contributed by atoms with Crippen molar-refractivity contribution in [2.75, 3.05) is 20.8 Å². The van der Waals surface area contributed by atoms with Crippen molar-refractivity contribution < 1.29 is 23.7 Å². The molecule has 0 radical (unpaired) electrons. The number of hydrogen-bond acceptors (Lipinski definition) is 6. The van der Waals surface area contributed by atoms with Crippen LogP contribution in [0.5, 0.6) is 17.4 Å². The van der Waals surface area contributed by atoms with Crippen LogP contribution < -0.4 is 14.2 Å². The second-order valence-electron chi connectivity index (χ2n) is 5.61. The quantitative estimate of drug-likeness (QED) is 0.554. The zero-order valence-corrected chi connectivity index (χ0v) is 16.4. The molecule has 2 aromatic carbocycles. The normalized spacial score (nSPS) is 10.4. The Morgan fingerprint density at radius 1 is 1.07 bits per heavy atom. The summed E-state index contributed by atoms with van der Waals surface area (Å²) in [4.78, 5) is 11.7. The topological polar surface area (TPSA) is 71.8 Å². The van der Waals surface area contributed by atoms with E-state index < -0.39 is 6.16 Å². The number of nitrogens with zero attached hydrogens (tertiary/aromatic N) is 2. The average molecular weight is 403 g/mol. The predicted octanol–water partition coefficient (Wildman–Crippen LogP) is 4.75. The molecule has 146 valence electrons. The van der Waals surface area contributed by atoms with Gasteiger partial charge in [0.1, 0.15) is 0 Å². The minimum Gasteiger partial charge on any atom is -0.493 e. The van der Waals surface area contributed by atoms with E-state index in [1.807, 2.05) is 24.3 Å². The molecule has 0 bridgehead atoms. The molecule has 7 nitrogen and oxygen atoms in total. The van der Waals surface area contributed by atoms with Crippen LogP contribution in [0.25, 0.3) is 16.9 Å². The van der Waals surface area contributed by atoms with Crippen molar-refractivity contribution in [1.29, 1.82) is 0 Å². The Bertz CT molecular complexity index is 986. The third-order valence-corrected chi connectivity index (χ3v) is 4.10. The minimum absolute atomic E-state index is 0.100. The average Bonchev–Trinajstić information content (AvgIpc) is 3.11. The number of carbonyl (C=O) groups excluding carboxylic acids is 1. The highest BCUT2D eigenvalue weighted by Crippen LogP contribution is 2.34. The minimum atomic E-state index is -0.822. The summed E-state index contributed by atoms with van der Waals surface area (Å²) in [5, 5.41) is 4.94. The van der Waals surface area contributed by atoms with E-state index in [0.717, 1.165) is 5.56 Å². The molecule has 0 aliphatic heterocycles. The van der Waals surface area contributed by atoms with E-state index in [1.165, 1.54) is 0 Å². The molecule has 1 aromatic heterocycles. The van der Waals surface area contributed by atoms with Gasteiger partial charge in [-0.25, -0.2) is 9.48 Å². The van der Waals surface area contributed by atoms with Gasteiger partial charge in [0.05, 0.1) is 32.2 Å². The monoisotopic (exact) mass is 402 g/mol. The Morgan fingerprint density at radius 2 is 1.86 bits per heavy atom. The summed E-state index contributed by atoms with van der Waals surface area (Å²) in [5.41, 5.74) is 2.15. The molecular formula is C20H19ClN2O5. The molecule has 0 saturated carbocycles. The van der Waals surface area contributed by atoms with Gasteiger partial charge >= 0.3 is 6.16 Å². The van der Waals surface area contributed by atoms with E-state index in [0.29, 0.717) is 27.9 Å². The lowest BCUT2D eigenvalue weighted by atomic mass is 10.1. The summed E-state index contributed by atoms with van der Waals surface area (Å²) in [7, 11) is 3.13. The number of halogens is 1. The van der Waals surface area contributed by atoms with Gasteiger partial charge in [-0.1, -0.05) is 17.7 Å². The van der Waals surface area contributed by atoms with Crippen LogP contribution in [0, 0.1) is 0 Å². The summed E-state index contributed by atoms with van der Waals surface area (Å²) in [6, 6.07) is 14.3. The summed E-state index contributed by atoms with van der Waals surface area (Å²) >= 11 is 6.13. The Morgan fingerprint density at radius 3 is 2.54 bits per heavy atom. The Kier molecular flexibility index (Phi) is 6.06. The zero-order valence-electron chi connectivity index (χ0n) is 15.6. The van der Waals surface area contributed by atoms with Crippen molar-refractivity contribution in [2.45, 2.75) is 6.92 Å². The molecule has 0 aliphatic carbocycles. The molecule has 28 heavy (non-hydrogen) atoms. The van der Waals surface area contributed by atoms with Gasteiger partial charge in [0.15, 0.2) is 11.5 Å². The number of hydrogen-bond donors (Lipinski definition) is 0. The fraction of sp³-hybridized carbons (Fsp3) is 0.200. The molecule has 0 N–H and O–H groups in total. The van der Waals surface area contributed by atoms with Gasteiger partial charge in [-0.15, -0.1) is 5.10 Å². The first kappa shape index (κ1) is 19.6. The Labute approximate surface area is 167 Å². The number of ether oxygens (including phenoxy) is 4. The maximum atomic E-state index is 11.7. The highest BCUT2D eigenvalue weighted by atomic mass is 35.5. The lowest BCUT2D eigenvalue weighted by molar-refractivity contribution is 0.102. The van der Waals surface area contributed by atoms with Gasteiger partial charge in [-0.3, -0.25) is 0 Å². The molecule has 0 unspecified atom stereocenters. The van der Waals surface area contributed by atoms with Crippen molar-refractivity contribution in [1.82, 2.24) is 9.78 Å². The van der Waals surface area contributed by atoms with E-state index in [4.69, 9.17) is 30.5 Å². The molecule has 0 amide bonds. The van der Waals surface area contributed by atoms with Crippen molar-refractivity contribution >= 4 is 17.8 Å². The largest absolute Gasteiger partial charge is 0.515 e. The molecule has 1 heterocycles. The van der Waals surface area contributed by atoms with Crippen LogP contribution in [-0.4, -0.2) is 36.8 Å². The van der Waals surface area contributed by atoms with Crippen LogP contribution in [0.4, 0.5) is 4.79 Å². The molecular weight excluding hydrogens is 384 g/mol. The first-order chi connectivity index (χ1) is 13.5. The number of methoxy groups -OCH3 is 2. The van der Waals surface area contributed by atoms with Crippen molar-refractivity contribution in [2.24, 2.45) is 0 Å². The van der Waals surface area contributed by atoms with E-state index >= 15 is 0 Å². The van der Waals surface area contributed by atoms with Crippen LogP contribution in [0.3, 0.4) is 0 Å². The van der Waals surface area contributed by atoms with Gasteiger partial charge < -0.3 is 18.9 Å². The zero-order chi connectivity index (χ0) is 20.1. The third-order valence-electron chi connectivity index (χ3n) is 3.87. The number of benzene rings is 2. The molecule has 0 spiro atoms. The smallest absolute Gasteiger partial charge is 0.493 e. The first-order valence-electron chi connectivity index (χ1n) is 8.48. The molecule has 0 atom stereocenters. The highest BCUT2D eigenvalue weighted by Gasteiger charge is 2.17. The maximum Gasteiger partial charge on any atom is 0.515 e. The van der Waals surface area contributed by atoms with Crippen molar-refractivity contribution in [3.63, 3.8) is 0 Å². The van der Waals surface area contributed by atoms with Crippen LogP contribution in [0.1, 0.15) is 6.92 Å². The lowest BCUT2D eigenvalue weighted by Crippen LogP contribution is -2.10. The van der Waals surface area contributed by atoms with Crippen LogP contribution in [0.15, 0.2) is 48.5 Å². The Hall–Kier alpha value is -3.19. The van der Waals surface area contributed by atoms with Crippen LogP contribution >= 0.6 is 11.6 Å². The lowest BCUT2D eigenvalue weighted by Gasteiger charge is -2.11. The van der Waals surface area contributed by atoms with Crippen LogP contribution in [0.2, 0.25) is 5.02 Å². The molecule has 3 rings (SSSR count). The predicted molar refractivity (Wildman–Crippen MR) is 105 cm³/mol. The first-order valence-corrected chi connectivity index (χ1v) is 8.86. The number of aromatic nitrogens is 2. The summed E-state index contributed by atoms with van der Waals surface area (Å²) < 4.78 is 22.3. The standard InChI is InChI=1S/C20H19ClN2O5/c1-4-27-20(24)28-19-12-16(13-8-9-17(25-2)18(10-13)26-3)23(22-19)15-7-5-6-14(21)11-15/h5-12H,4H2,1-3H3. The molecule has 0 saturated heterocycles. The van der Waals surface area contributed by atoms with E-state index in [-0.39, 0.29) is 12.5 Å². The SMILES string of the molecule is CCOC(=O)Oc1cc(-c2ccc(OC)c(OC)c2)n(-c2cccc(Cl)c2)n1. The summed E-state index contributed by atoms with van der Waals surface area (Å²) in [6.45, 7) is 1.90. The van der Waals surface area contributed by atoms with Gasteiger partial charge in [0.25, 0.3) is 0 Å². The van der Waals surface area contributed by atoms with Gasteiger partial charge in [-0.2, -0.15) is 0 Å². The third kappa shape index (κ3) is 4.20. The fourth-order valence-electron chi connectivity index (χ4n) is 2.65. The van der Waals surface area contributed by atoms with Gasteiger partial charge in [0.2, 0.25) is 5.88 Å². The molecule has 0 aliphatic rings. The van der Waals surface area contributed by atoms with E-state index in [1.54, 1.807) is 50.1 Å². The highest BCUT2D eigenvalue weighted by molar-refractivity contribution is 6.30. The van der Waals surface area contributed by atoms with Crippen molar-refractivity contribution in [3.8, 4) is 34.3 Å². The van der Waals surface area contributed by atoms with Gasteiger partial charge in [0, 0.05) is 16.7 Å². The number of carbonyl (C=O) groups is 1. The van der Waals surface area contributed by atoms with E-state index in [9.17, 15) is 4.79 Å². The second-order valence-corrected chi connectivity index (χ2v) is 6.05. The van der Waals surface area contributed by atoms with E-state index in [2.05, 4.69) is 5.10 Å².